The zero-order chi connectivity index (χ0) is 57.7. The summed E-state index contributed by atoms with van der Waals surface area (Å²) in [5.74, 6) is -2.32. The number of oxime groups is 1. The first-order chi connectivity index (χ1) is 39.6. The molecule has 0 radical (unpaired) electrons. The number of nitro benzene ring substituents is 1. The number of unbranched alkanes of at least 4 members (excludes halogenated alkanes) is 19. The average Bonchev–Trinajstić information content (AvgIpc) is 1.42. The molecule has 0 saturated heterocycles. The van der Waals surface area contributed by atoms with Crippen LogP contribution in [0, 0.1) is 33.7 Å². The molecule has 0 spiro atoms. The van der Waals surface area contributed by atoms with Gasteiger partial charge < -0.3 is 39.5 Å². The van der Waals surface area contributed by atoms with Crippen LogP contribution in [0.15, 0.2) is 96.2 Å². The van der Waals surface area contributed by atoms with Gasteiger partial charge in [-0.3, -0.25) is 14.9 Å². The molecule has 1 fully saturated rings. The van der Waals surface area contributed by atoms with Crippen molar-refractivity contribution in [1.29, 1.82) is 0 Å². The molecule has 3 N–H and O–H groups in total. The van der Waals surface area contributed by atoms with Crippen LogP contribution in [0.3, 0.4) is 0 Å². The third-order valence-electron chi connectivity index (χ3n) is 16.7. The standard InChI is InChI=1S/C66H95FN4O10/c1-4-7-9-11-13-15-17-19-21-25-41-68-65(75)80-55-39-40-60-58(46-55)63-56(29-24-27-43-73)52(28-23-26-42-72)45-57-59(69-79-49-51-33-37-54(38-34-51)71(76)77)47-61(66(81-60,64(57)63)78-44-6-3)70(48-50-31-35-53(67)36-32-50)62(74)30-22-20-18-16-14-12-10-8-5-2/h6,31-40,45-46,52,56,61,63-64,72-73H,3-5,7-30,41-44,47-49H2,1-2H3,(H,68,75). The van der Waals surface area contributed by atoms with E-state index in [9.17, 15) is 29.5 Å². The van der Waals surface area contributed by atoms with E-state index in [4.69, 9.17) is 24.2 Å². The van der Waals surface area contributed by atoms with Crippen molar-refractivity contribution in [1.82, 2.24) is 10.2 Å². The number of carbonyl (C=O) groups excluding carboxylic acids is 2. The zero-order valence-electron chi connectivity index (χ0n) is 48.8. The zero-order valence-corrected chi connectivity index (χ0v) is 48.8. The van der Waals surface area contributed by atoms with Crippen molar-refractivity contribution in [2.75, 3.05) is 26.4 Å². The number of amides is 2. The van der Waals surface area contributed by atoms with Gasteiger partial charge in [0.25, 0.3) is 5.69 Å². The van der Waals surface area contributed by atoms with E-state index >= 15 is 4.79 Å². The number of hydrogen-bond acceptors (Lipinski definition) is 11. The molecule has 3 aliphatic rings. The van der Waals surface area contributed by atoms with Gasteiger partial charge in [0.05, 0.1) is 23.2 Å². The number of allylic oxidation sites excluding steroid dienone is 1. The highest BCUT2D eigenvalue weighted by atomic mass is 19.1. The summed E-state index contributed by atoms with van der Waals surface area (Å²) < 4.78 is 35.4. The van der Waals surface area contributed by atoms with E-state index < -0.39 is 34.6 Å². The maximum absolute atomic E-state index is 15.4. The summed E-state index contributed by atoms with van der Waals surface area (Å²) in [6.45, 7) is 9.30. The normalized spacial score (nSPS) is 20.4. The number of nitro groups is 1. The fraction of sp³-hybridized carbons (Fsp3) is 0.621. The molecule has 6 unspecified atom stereocenters. The average molecular weight is 1120 g/mol. The molecule has 14 nitrogen and oxygen atoms in total. The molecule has 81 heavy (non-hydrogen) atoms. The number of benzene rings is 3. The highest BCUT2D eigenvalue weighted by molar-refractivity contribution is 6.03. The van der Waals surface area contributed by atoms with Crippen LogP contribution in [0.2, 0.25) is 0 Å². The monoisotopic (exact) mass is 1120 g/mol. The van der Waals surface area contributed by atoms with Gasteiger partial charge in [0.2, 0.25) is 11.7 Å². The maximum Gasteiger partial charge on any atom is 0.412 e. The first-order valence-corrected chi connectivity index (χ1v) is 31.0. The number of hydrogen-bond donors (Lipinski definition) is 3. The Labute approximate surface area is 482 Å². The third-order valence-corrected chi connectivity index (χ3v) is 16.7. The van der Waals surface area contributed by atoms with Gasteiger partial charge in [-0.25, -0.2) is 9.18 Å². The van der Waals surface area contributed by atoms with Crippen LogP contribution < -0.4 is 14.8 Å². The smallest absolute Gasteiger partial charge is 0.412 e. The predicted octanol–water partition coefficient (Wildman–Crippen LogP) is 15.5. The molecule has 15 heteroatoms. The second kappa shape index (κ2) is 35.4. The van der Waals surface area contributed by atoms with Crippen LogP contribution in [-0.2, 0) is 27.5 Å². The lowest BCUT2D eigenvalue weighted by Gasteiger charge is -2.60. The lowest BCUT2D eigenvalue weighted by Crippen LogP contribution is -2.70. The first kappa shape index (κ1) is 64.5. The number of halogens is 1. The molecular formula is C66H95FN4O10. The lowest BCUT2D eigenvalue weighted by molar-refractivity contribution is -0.384. The fourth-order valence-electron chi connectivity index (χ4n) is 12.4. The van der Waals surface area contributed by atoms with Crippen LogP contribution >= 0.6 is 0 Å². The van der Waals surface area contributed by atoms with E-state index in [1.165, 1.54) is 101 Å². The van der Waals surface area contributed by atoms with Gasteiger partial charge in [0.1, 0.15) is 30.0 Å². The number of rotatable bonds is 40. The molecule has 2 aliphatic carbocycles. The molecule has 6 atom stereocenters. The van der Waals surface area contributed by atoms with Crippen molar-refractivity contribution >= 4 is 23.4 Å². The van der Waals surface area contributed by atoms with Gasteiger partial charge in [-0.2, -0.15) is 0 Å². The molecule has 0 aromatic heterocycles. The van der Waals surface area contributed by atoms with Gasteiger partial charge in [-0.05, 0) is 110 Å². The van der Waals surface area contributed by atoms with Gasteiger partial charge in [-0.15, -0.1) is 6.58 Å². The molecule has 446 valence electrons. The Kier molecular flexibility index (Phi) is 28.2. The quantitative estimate of drug-likeness (QED) is 0.0214. The number of aliphatic hydroxyl groups excluding tert-OH is 2. The van der Waals surface area contributed by atoms with Gasteiger partial charge >= 0.3 is 6.09 Å². The van der Waals surface area contributed by atoms with Crippen molar-refractivity contribution in [3.8, 4) is 11.5 Å². The summed E-state index contributed by atoms with van der Waals surface area (Å²) >= 11 is 0. The lowest BCUT2D eigenvalue weighted by atomic mass is 9.55. The largest absolute Gasteiger partial charge is 0.459 e. The van der Waals surface area contributed by atoms with Crippen molar-refractivity contribution in [2.45, 2.75) is 218 Å². The minimum atomic E-state index is -1.55. The van der Waals surface area contributed by atoms with Crippen molar-refractivity contribution in [3.63, 3.8) is 0 Å². The van der Waals surface area contributed by atoms with E-state index in [0.717, 1.165) is 74.5 Å². The van der Waals surface area contributed by atoms with Crippen LogP contribution in [0.25, 0.3) is 0 Å². The molecule has 3 aromatic rings. The molecule has 1 heterocycles. The van der Waals surface area contributed by atoms with Gasteiger partial charge in [-0.1, -0.05) is 165 Å². The van der Waals surface area contributed by atoms with Crippen molar-refractivity contribution in [2.24, 2.45) is 22.9 Å². The minimum absolute atomic E-state index is 0.00742. The summed E-state index contributed by atoms with van der Waals surface area (Å²) in [5, 5.41) is 39.7. The van der Waals surface area contributed by atoms with E-state index in [0.29, 0.717) is 55.0 Å². The van der Waals surface area contributed by atoms with Crippen LogP contribution in [-0.4, -0.2) is 75.9 Å². The summed E-state index contributed by atoms with van der Waals surface area (Å²) in [5.41, 5.74) is 3.58. The summed E-state index contributed by atoms with van der Waals surface area (Å²) in [6.07, 6.45) is 29.6. The Morgan fingerprint density at radius 3 is 2.02 bits per heavy atom. The fourth-order valence-corrected chi connectivity index (χ4v) is 12.4. The van der Waals surface area contributed by atoms with E-state index in [1.54, 1.807) is 36.4 Å². The predicted molar refractivity (Wildman–Crippen MR) is 318 cm³/mol. The first-order valence-electron chi connectivity index (χ1n) is 31.0. The Bertz CT molecular complexity index is 2430. The minimum Gasteiger partial charge on any atom is -0.459 e. The van der Waals surface area contributed by atoms with E-state index in [-0.39, 0.29) is 75.2 Å². The SMILES string of the molecule is C=CCOC12Oc3ccc(OC(=O)NCCCCCCCCCCCC)cc3C3C(CCCCO)C(CCCCO)C=C(C(=NOCc4ccc([N+](=O)[O-])cc4)CC1N(Cc1ccc(F)cc1)C(=O)CCCCCCCCCCC)C32. The number of non-ortho nitro benzene ring substituents is 1. The van der Waals surface area contributed by atoms with Crippen LogP contribution in [0.1, 0.15) is 210 Å². The molecule has 0 bridgehead atoms. The summed E-state index contributed by atoms with van der Waals surface area (Å²) in [7, 11) is 0. The molecular weight excluding hydrogens is 1030 g/mol. The number of ether oxygens (including phenoxy) is 3. The van der Waals surface area contributed by atoms with Gasteiger partial charge in [0, 0.05) is 62.8 Å². The Morgan fingerprint density at radius 1 is 0.802 bits per heavy atom. The summed E-state index contributed by atoms with van der Waals surface area (Å²) in [6, 6.07) is 17.0. The molecule has 6 rings (SSSR count). The number of nitrogens with one attached hydrogen (secondary N) is 1. The van der Waals surface area contributed by atoms with Gasteiger partial charge in [0.15, 0.2) is 0 Å². The van der Waals surface area contributed by atoms with E-state index in [1.807, 2.05) is 17.0 Å². The second-order valence-corrected chi connectivity index (χ2v) is 22.7. The Balaban J connectivity index is 1.42. The molecule has 1 saturated carbocycles. The number of fused-ring (bicyclic) bond motifs is 2. The number of nitrogens with zero attached hydrogens (tertiary/aromatic N) is 3. The van der Waals surface area contributed by atoms with Crippen molar-refractivity contribution in [3.05, 3.63) is 124 Å². The third kappa shape index (κ3) is 19.5. The molecule has 1 aliphatic heterocycles. The van der Waals surface area contributed by atoms with Crippen LogP contribution in [0.5, 0.6) is 11.5 Å². The summed E-state index contributed by atoms with van der Waals surface area (Å²) in [4.78, 5) is 48.1. The van der Waals surface area contributed by atoms with E-state index in [2.05, 4.69) is 31.8 Å². The Hall–Kier alpha value is -5.64. The molecule has 3 aromatic carbocycles. The second-order valence-electron chi connectivity index (χ2n) is 22.7. The van der Waals surface area contributed by atoms with Crippen molar-refractivity contribution < 1.29 is 48.2 Å². The van der Waals surface area contributed by atoms with Crippen LogP contribution in [0.4, 0.5) is 14.9 Å². The highest BCUT2D eigenvalue weighted by Gasteiger charge is 2.65. The number of carbonyl (C=O) groups is 2. The number of aliphatic hydroxyl groups is 2. The topological polar surface area (TPSA) is 182 Å². The molecule has 2 amide bonds. The maximum atomic E-state index is 15.4. The highest BCUT2D eigenvalue weighted by Crippen LogP contribution is 2.62. The Morgan fingerprint density at radius 2 is 1.41 bits per heavy atom.